The molecule has 1 atom stereocenters. The quantitative estimate of drug-likeness (QED) is 0.685. The van der Waals surface area contributed by atoms with Crippen LogP contribution >= 0.6 is 0 Å². The van der Waals surface area contributed by atoms with E-state index in [1.54, 1.807) is 19.1 Å². The topological polar surface area (TPSA) is 109 Å². The minimum atomic E-state index is -3.73. The molecule has 0 radical (unpaired) electrons. The number of nitrogens with zero attached hydrogens (tertiary/aromatic N) is 1. The number of hydrogen-bond donors (Lipinski definition) is 2. The molecule has 2 aromatic rings. The van der Waals surface area contributed by atoms with Gasteiger partial charge in [0.2, 0.25) is 21.8 Å². The van der Waals surface area contributed by atoms with Crippen molar-refractivity contribution >= 4 is 21.8 Å². The smallest absolute Gasteiger partial charge is 0.243 e. The van der Waals surface area contributed by atoms with Crippen LogP contribution in [0.5, 0.6) is 0 Å². The molecule has 1 fully saturated rings. The number of nitrogens with one attached hydrogen (secondary N) is 2. The highest BCUT2D eigenvalue weighted by Crippen LogP contribution is 2.24. The zero-order valence-electron chi connectivity index (χ0n) is 16.5. The molecule has 3 rings (SSSR count). The average Bonchev–Trinajstić information content (AvgIpc) is 3.26. The van der Waals surface area contributed by atoms with Gasteiger partial charge in [0.1, 0.15) is 17.6 Å². The average molecular weight is 437 g/mol. The molecule has 0 saturated carbocycles. The summed E-state index contributed by atoms with van der Waals surface area (Å²) in [5.74, 6) is -0.904. The molecule has 162 valence electrons. The SMILES string of the molecule is C[C@H](NC(=O)C1CCN(S(=O)(=O)c2ccc(F)cc2)CC1)C(=O)NCc1ccco1. The first kappa shape index (κ1) is 22.0. The Kier molecular flexibility index (Phi) is 6.88. The van der Waals surface area contributed by atoms with E-state index in [1.807, 2.05) is 0 Å². The van der Waals surface area contributed by atoms with Crippen molar-refractivity contribution in [1.29, 1.82) is 0 Å². The second-order valence-electron chi connectivity index (χ2n) is 7.16. The van der Waals surface area contributed by atoms with Crippen molar-refractivity contribution in [3.63, 3.8) is 0 Å². The largest absolute Gasteiger partial charge is 0.467 e. The lowest BCUT2D eigenvalue weighted by molar-refractivity contribution is -0.131. The van der Waals surface area contributed by atoms with Crippen LogP contribution in [0, 0.1) is 11.7 Å². The first-order valence-electron chi connectivity index (χ1n) is 9.63. The number of piperidine rings is 1. The predicted octanol–water partition coefficient (Wildman–Crippen LogP) is 1.64. The molecule has 0 unspecified atom stereocenters. The van der Waals surface area contributed by atoms with Gasteiger partial charge < -0.3 is 15.1 Å². The highest BCUT2D eigenvalue weighted by molar-refractivity contribution is 7.89. The van der Waals surface area contributed by atoms with Crippen molar-refractivity contribution in [2.24, 2.45) is 5.92 Å². The molecule has 8 nitrogen and oxygen atoms in total. The third kappa shape index (κ3) is 5.25. The third-order valence-corrected chi connectivity index (χ3v) is 6.96. The van der Waals surface area contributed by atoms with Gasteiger partial charge in [-0.1, -0.05) is 0 Å². The molecule has 0 spiro atoms. The Bertz CT molecular complexity index is 968. The van der Waals surface area contributed by atoms with Gasteiger partial charge in [-0.2, -0.15) is 4.31 Å². The van der Waals surface area contributed by atoms with Crippen LogP contribution in [0.25, 0.3) is 0 Å². The van der Waals surface area contributed by atoms with Crippen molar-refractivity contribution in [3.8, 4) is 0 Å². The first-order valence-corrected chi connectivity index (χ1v) is 11.1. The number of carbonyl (C=O) groups excluding carboxylic acids is 2. The van der Waals surface area contributed by atoms with E-state index in [2.05, 4.69) is 10.6 Å². The Morgan fingerprint density at radius 2 is 1.87 bits per heavy atom. The highest BCUT2D eigenvalue weighted by Gasteiger charge is 2.32. The van der Waals surface area contributed by atoms with E-state index in [0.29, 0.717) is 18.6 Å². The minimum absolute atomic E-state index is 0.0219. The van der Waals surface area contributed by atoms with Crippen LogP contribution in [0.1, 0.15) is 25.5 Å². The van der Waals surface area contributed by atoms with Gasteiger partial charge in [0, 0.05) is 19.0 Å². The third-order valence-electron chi connectivity index (χ3n) is 5.05. The summed E-state index contributed by atoms with van der Waals surface area (Å²) in [6.07, 6.45) is 2.19. The predicted molar refractivity (Wildman–Crippen MR) is 106 cm³/mol. The summed E-state index contributed by atoms with van der Waals surface area (Å²) in [5.41, 5.74) is 0. The molecular formula is C20H24FN3O5S. The van der Waals surface area contributed by atoms with Crippen molar-refractivity contribution < 1.29 is 26.8 Å². The fourth-order valence-electron chi connectivity index (χ4n) is 3.25. The number of rotatable bonds is 7. The fourth-order valence-corrected chi connectivity index (χ4v) is 4.72. The zero-order valence-corrected chi connectivity index (χ0v) is 17.3. The molecular weight excluding hydrogens is 413 g/mol. The number of halogens is 1. The molecule has 1 aromatic heterocycles. The second kappa shape index (κ2) is 9.40. The molecule has 0 bridgehead atoms. The van der Waals surface area contributed by atoms with E-state index in [0.717, 1.165) is 12.1 Å². The summed E-state index contributed by atoms with van der Waals surface area (Å²) in [6, 6.07) is 7.39. The van der Waals surface area contributed by atoms with Crippen LogP contribution in [0.2, 0.25) is 0 Å². The van der Waals surface area contributed by atoms with Crippen LogP contribution < -0.4 is 10.6 Å². The molecule has 1 aromatic carbocycles. The summed E-state index contributed by atoms with van der Waals surface area (Å²) >= 11 is 0. The lowest BCUT2D eigenvalue weighted by Crippen LogP contribution is -2.49. The van der Waals surface area contributed by atoms with Crippen molar-refractivity contribution in [3.05, 3.63) is 54.2 Å². The van der Waals surface area contributed by atoms with Crippen LogP contribution in [0.4, 0.5) is 4.39 Å². The van der Waals surface area contributed by atoms with Crippen LogP contribution in [-0.4, -0.2) is 43.7 Å². The van der Waals surface area contributed by atoms with Crippen LogP contribution in [0.3, 0.4) is 0 Å². The highest BCUT2D eigenvalue weighted by atomic mass is 32.2. The number of hydrogen-bond acceptors (Lipinski definition) is 5. The molecule has 2 heterocycles. The molecule has 2 N–H and O–H groups in total. The Hall–Kier alpha value is -2.72. The van der Waals surface area contributed by atoms with E-state index in [9.17, 15) is 22.4 Å². The molecule has 2 amide bonds. The maximum atomic E-state index is 13.1. The maximum absolute atomic E-state index is 13.1. The number of amides is 2. The molecule has 30 heavy (non-hydrogen) atoms. The van der Waals surface area contributed by atoms with Crippen LogP contribution in [0.15, 0.2) is 52.0 Å². The Morgan fingerprint density at radius 3 is 2.47 bits per heavy atom. The Labute approximate surface area is 174 Å². The molecule has 10 heteroatoms. The molecule has 0 aliphatic carbocycles. The van der Waals surface area contributed by atoms with E-state index >= 15 is 0 Å². The second-order valence-corrected chi connectivity index (χ2v) is 9.10. The molecule has 1 aliphatic rings. The van der Waals surface area contributed by atoms with Gasteiger partial charge in [0.05, 0.1) is 17.7 Å². The zero-order chi connectivity index (χ0) is 21.7. The van der Waals surface area contributed by atoms with E-state index in [4.69, 9.17) is 4.42 Å². The lowest BCUT2D eigenvalue weighted by Gasteiger charge is -2.31. The van der Waals surface area contributed by atoms with Crippen molar-refractivity contribution in [1.82, 2.24) is 14.9 Å². The number of benzene rings is 1. The fraction of sp³-hybridized carbons (Fsp3) is 0.400. The van der Waals surface area contributed by atoms with E-state index < -0.39 is 21.9 Å². The van der Waals surface area contributed by atoms with E-state index in [1.165, 1.54) is 22.7 Å². The Balaban J connectivity index is 1.48. The number of furan rings is 1. The summed E-state index contributed by atoms with van der Waals surface area (Å²) < 4.78 is 44.8. The lowest BCUT2D eigenvalue weighted by atomic mass is 9.97. The molecule has 1 aliphatic heterocycles. The van der Waals surface area contributed by atoms with Gasteiger partial charge in [-0.05, 0) is 56.2 Å². The van der Waals surface area contributed by atoms with Gasteiger partial charge in [-0.3, -0.25) is 9.59 Å². The van der Waals surface area contributed by atoms with Gasteiger partial charge in [-0.15, -0.1) is 0 Å². The monoisotopic (exact) mass is 437 g/mol. The van der Waals surface area contributed by atoms with Gasteiger partial charge in [-0.25, -0.2) is 12.8 Å². The Morgan fingerprint density at radius 1 is 1.20 bits per heavy atom. The summed E-state index contributed by atoms with van der Waals surface area (Å²) in [4.78, 5) is 24.7. The van der Waals surface area contributed by atoms with Crippen molar-refractivity contribution in [2.45, 2.75) is 37.2 Å². The summed E-state index contributed by atoms with van der Waals surface area (Å²) in [6.45, 7) is 2.17. The van der Waals surface area contributed by atoms with Gasteiger partial charge in [0.25, 0.3) is 0 Å². The first-order chi connectivity index (χ1) is 14.3. The van der Waals surface area contributed by atoms with Gasteiger partial charge in [0.15, 0.2) is 0 Å². The molecule has 1 saturated heterocycles. The van der Waals surface area contributed by atoms with Crippen LogP contribution in [-0.2, 0) is 26.2 Å². The van der Waals surface area contributed by atoms with E-state index in [-0.39, 0.29) is 42.3 Å². The summed E-state index contributed by atoms with van der Waals surface area (Å²) in [7, 11) is -3.73. The number of carbonyl (C=O) groups is 2. The standard InChI is InChI=1S/C20H24FN3O5S/c1-14(19(25)22-13-17-3-2-12-29-17)23-20(26)15-8-10-24(11-9-15)30(27,28)18-6-4-16(21)5-7-18/h2-7,12,14-15H,8-11,13H2,1H3,(H,22,25)(H,23,26)/t14-/m0/s1. The normalized spacial score (nSPS) is 16.7. The van der Waals surface area contributed by atoms with Crippen molar-refractivity contribution in [2.75, 3.05) is 13.1 Å². The summed E-state index contributed by atoms with van der Waals surface area (Å²) in [5, 5.41) is 5.36. The number of sulfonamides is 1. The maximum Gasteiger partial charge on any atom is 0.243 e. The van der Waals surface area contributed by atoms with Gasteiger partial charge >= 0.3 is 0 Å². The minimum Gasteiger partial charge on any atom is -0.467 e.